The van der Waals surface area contributed by atoms with Crippen molar-refractivity contribution >= 4 is 39.4 Å². The van der Waals surface area contributed by atoms with Crippen molar-refractivity contribution in [2.24, 2.45) is 17.8 Å². The molecule has 4 unspecified atom stereocenters. The average molecular weight is 662 g/mol. The van der Waals surface area contributed by atoms with Crippen LogP contribution >= 0.6 is 0 Å². The number of benzene rings is 2. The summed E-state index contributed by atoms with van der Waals surface area (Å²) in [4.78, 5) is 40.9. The van der Waals surface area contributed by atoms with Crippen molar-refractivity contribution in [1.29, 1.82) is 0 Å². The van der Waals surface area contributed by atoms with Gasteiger partial charge in [-0.15, -0.1) is 0 Å². The molecule has 10 nitrogen and oxygen atoms in total. The summed E-state index contributed by atoms with van der Waals surface area (Å²) in [6.07, 6.45) is 5.51. The van der Waals surface area contributed by atoms with Crippen LogP contribution in [-0.4, -0.2) is 55.0 Å². The minimum atomic E-state index is -5.64. The Hall–Kier alpha value is -4.79. The van der Waals surface area contributed by atoms with Gasteiger partial charge in [0, 0.05) is 41.2 Å². The van der Waals surface area contributed by atoms with E-state index in [2.05, 4.69) is 15.6 Å². The van der Waals surface area contributed by atoms with Gasteiger partial charge in [0.25, 0.3) is 15.7 Å². The van der Waals surface area contributed by atoms with E-state index in [0.29, 0.717) is 24.1 Å². The lowest BCUT2D eigenvalue weighted by Crippen LogP contribution is -2.48. The first-order chi connectivity index (χ1) is 21.7. The highest BCUT2D eigenvalue weighted by Gasteiger charge is 2.52. The number of ether oxygens (including phenoxy) is 1. The molecule has 3 N–H and O–H groups in total. The molecule has 3 aromatic rings. The quantitative estimate of drug-likeness (QED) is 0.212. The van der Waals surface area contributed by atoms with E-state index < -0.39 is 55.8 Å². The van der Waals surface area contributed by atoms with Gasteiger partial charge in [0.2, 0.25) is 5.91 Å². The summed E-state index contributed by atoms with van der Waals surface area (Å²) in [5.74, 6) is -4.17. The van der Waals surface area contributed by atoms with E-state index >= 15 is 4.39 Å². The Balaban J connectivity index is 1.38. The fourth-order valence-electron chi connectivity index (χ4n) is 6.15. The van der Waals surface area contributed by atoms with E-state index in [0.717, 1.165) is 36.8 Å². The highest BCUT2D eigenvalue weighted by molar-refractivity contribution is 7.92. The predicted octanol–water partition coefficient (Wildman–Crippen LogP) is 5.07. The van der Waals surface area contributed by atoms with Crippen LogP contribution in [0.3, 0.4) is 0 Å². The van der Waals surface area contributed by atoms with Crippen LogP contribution in [0.4, 0.5) is 23.2 Å². The van der Waals surface area contributed by atoms with Crippen LogP contribution in [-0.2, 0) is 19.4 Å². The van der Waals surface area contributed by atoms with E-state index in [9.17, 15) is 36.0 Å². The number of amides is 2. The third kappa shape index (κ3) is 6.45. The van der Waals surface area contributed by atoms with Crippen molar-refractivity contribution in [3.05, 3.63) is 77.9 Å². The van der Waals surface area contributed by atoms with Crippen molar-refractivity contribution in [2.75, 3.05) is 12.4 Å². The highest BCUT2D eigenvalue weighted by Crippen LogP contribution is 2.49. The molecule has 2 aliphatic carbocycles. The minimum absolute atomic E-state index is 0.0168. The van der Waals surface area contributed by atoms with E-state index in [1.54, 1.807) is 0 Å². The van der Waals surface area contributed by atoms with Crippen LogP contribution in [0.1, 0.15) is 35.3 Å². The second kappa shape index (κ2) is 12.5. The number of alkyl halides is 3. The van der Waals surface area contributed by atoms with Crippen molar-refractivity contribution in [1.82, 2.24) is 10.3 Å². The minimum Gasteiger partial charge on any atom is -0.496 e. The Morgan fingerprint density at radius 2 is 1.80 bits per heavy atom. The summed E-state index contributed by atoms with van der Waals surface area (Å²) in [6, 6.07) is 8.49. The van der Waals surface area contributed by atoms with Gasteiger partial charge in [-0.2, -0.15) is 13.2 Å². The number of nitrogens with zero attached hydrogens (tertiary/aromatic N) is 1. The van der Waals surface area contributed by atoms with Crippen LogP contribution in [0, 0.1) is 23.6 Å². The number of carbonyl (C=O) groups is 3. The third-order valence-electron chi connectivity index (χ3n) is 8.26. The van der Waals surface area contributed by atoms with Gasteiger partial charge in [0.05, 0.1) is 29.2 Å². The van der Waals surface area contributed by atoms with E-state index in [4.69, 9.17) is 9.84 Å². The largest absolute Gasteiger partial charge is 0.501 e. The molecule has 2 aliphatic rings. The first-order valence-electron chi connectivity index (χ1n) is 14.0. The van der Waals surface area contributed by atoms with E-state index in [1.807, 2.05) is 0 Å². The lowest BCUT2D eigenvalue weighted by Gasteiger charge is -2.31. The highest BCUT2D eigenvalue weighted by atomic mass is 32.2. The number of sulfone groups is 1. The number of pyridine rings is 1. The maximum atomic E-state index is 15.1. The van der Waals surface area contributed by atoms with Gasteiger partial charge in [-0.1, -0.05) is 12.1 Å². The zero-order chi connectivity index (χ0) is 33.4. The maximum Gasteiger partial charge on any atom is 0.501 e. The fraction of sp³-hybridized carbons (Fsp3) is 0.290. The standard InChI is InChI=1S/C31H27F4N3O7S/c1-45-25-14-24(32)22(18-7-8-19(36-15-18)9-10-26(39)40)13-23(25)29(41)38-28-17-6-5-16(11-17)27(28)30(42)37-20-3-2-4-21(12-20)46(43,44)31(33,34)35/h2-4,7-10,12-17,27-28H,5-6,11H2,1H3,(H,37,42)(H,38,41)(H,39,40)/b10-9+. The van der Waals surface area contributed by atoms with Gasteiger partial charge in [0.1, 0.15) is 11.6 Å². The Bertz CT molecular complexity index is 1830. The number of hydrogen-bond donors (Lipinski definition) is 3. The predicted molar refractivity (Wildman–Crippen MR) is 157 cm³/mol. The molecule has 5 rings (SSSR count). The van der Waals surface area contributed by atoms with E-state index in [-0.39, 0.29) is 34.4 Å². The zero-order valence-electron chi connectivity index (χ0n) is 24.0. The Morgan fingerprint density at radius 1 is 1.07 bits per heavy atom. The van der Waals surface area contributed by atoms with Gasteiger partial charge in [-0.05, 0) is 67.5 Å². The van der Waals surface area contributed by atoms with Crippen molar-refractivity contribution < 1.29 is 50.2 Å². The lowest BCUT2D eigenvalue weighted by molar-refractivity contribution is -0.131. The molecule has 46 heavy (non-hydrogen) atoms. The molecule has 4 atom stereocenters. The number of methoxy groups -OCH3 is 1. The summed E-state index contributed by atoms with van der Waals surface area (Å²) in [6.45, 7) is 0. The Labute approximate surface area is 260 Å². The first kappa shape index (κ1) is 32.6. The first-order valence-corrected chi connectivity index (χ1v) is 15.5. The molecule has 0 aliphatic heterocycles. The molecule has 0 saturated heterocycles. The van der Waals surface area contributed by atoms with Crippen LogP contribution in [0.5, 0.6) is 5.75 Å². The van der Waals surface area contributed by atoms with Crippen molar-refractivity contribution in [3.63, 3.8) is 0 Å². The van der Waals surface area contributed by atoms with Crippen molar-refractivity contribution in [2.45, 2.75) is 35.7 Å². The van der Waals surface area contributed by atoms with Gasteiger partial charge in [0.15, 0.2) is 0 Å². The molecule has 2 fully saturated rings. The molecule has 0 radical (unpaired) electrons. The lowest BCUT2D eigenvalue weighted by atomic mass is 9.83. The molecule has 2 saturated carbocycles. The summed E-state index contributed by atoms with van der Waals surface area (Å²) in [5, 5.41) is 14.2. The Morgan fingerprint density at radius 3 is 2.46 bits per heavy atom. The smallest absolute Gasteiger partial charge is 0.496 e. The topological polar surface area (TPSA) is 152 Å². The number of carboxylic acids is 1. The van der Waals surface area contributed by atoms with Crippen molar-refractivity contribution in [3.8, 4) is 16.9 Å². The summed E-state index contributed by atoms with van der Waals surface area (Å²) >= 11 is 0. The number of anilines is 1. The summed E-state index contributed by atoms with van der Waals surface area (Å²) < 4.78 is 83.3. The van der Waals surface area contributed by atoms with Gasteiger partial charge in [-0.3, -0.25) is 14.6 Å². The van der Waals surface area contributed by atoms with Crippen LogP contribution in [0.25, 0.3) is 17.2 Å². The molecule has 1 heterocycles. The molecule has 1 aromatic heterocycles. The van der Waals surface area contributed by atoms with Crippen LogP contribution < -0.4 is 15.4 Å². The molecule has 242 valence electrons. The van der Waals surface area contributed by atoms with Crippen LogP contribution in [0.2, 0.25) is 0 Å². The molecule has 2 amide bonds. The SMILES string of the molecule is COc1cc(F)c(-c2ccc(/C=C/C(=O)O)nc2)cc1C(=O)NC1C2CCC(C2)C1C(=O)Nc1cccc(S(=O)(=O)C(F)(F)F)c1. The second-order valence-corrected chi connectivity index (χ2v) is 12.9. The zero-order valence-corrected chi connectivity index (χ0v) is 24.9. The molecule has 15 heteroatoms. The average Bonchev–Trinajstić information content (AvgIpc) is 3.62. The second-order valence-electron chi connectivity index (χ2n) is 11.0. The number of carboxylic acid groups (broad SMARTS) is 1. The normalized spacial score (nSPS) is 20.9. The molecule has 2 aromatic carbocycles. The number of rotatable bonds is 9. The Kier molecular flexibility index (Phi) is 8.89. The van der Waals surface area contributed by atoms with Gasteiger partial charge >= 0.3 is 11.5 Å². The summed E-state index contributed by atoms with van der Waals surface area (Å²) in [7, 11) is -4.37. The number of aromatic nitrogens is 1. The maximum absolute atomic E-state index is 15.1. The number of carbonyl (C=O) groups excluding carboxylic acids is 2. The number of aliphatic carboxylic acids is 1. The summed E-state index contributed by atoms with van der Waals surface area (Å²) in [5.41, 5.74) is -5.06. The number of halogens is 4. The molecular weight excluding hydrogens is 634 g/mol. The van der Waals surface area contributed by atoms with Crippen LogP contribution in [0.15, 0.2) is 65.7 Å². The fourth-order valence-corrected chi connectivity index (χ4v) is 6.96. The number of nitrogens with one attached hydrogen (secondary N) is 2. The third-order valence-corrected chi connectivity index (χ3v) is 9.75. The molecule has 2 bridgehead atoms. The number of hydrogen-bond acceptors (Lipinski definition) is 7. The molecular formula is C31H27F4N3O7S. The monoisotopic (exact) mass is 661 g/mol. The van der Waals surface area contributed by atoms with Gasteiger partial charge in [-0.25, -0.2) is 17.6 Å². The van der Waals surface area contributed by atoms with E-state index in [1.165, 1.54) is 43.6 Å². The molecule has 0 spiro atoms. The number of fused-ring (bicyclic) bond motifs is 2. The van der Waals surface area contributed by atoms with Gasteiger partial charge < -0.3 is 20.5 Å².